The van der Waals surface area contributed by atoms with Crippen molar-refractivity contribution >= 4 is 23.0 Å². The molecule has 0 unspecified atom stereocenters. The second-order valence-electron chi connectivity index (χ2n) is 7.01. The SMILES string of the molecule is N[C@@H]1CCN(S(=O)(=O)c2ccccc2F)C[C@H]1C(=O)N1CCC[C@H]1B(O)O. The van der Waals surface area contributed by atoms with E-state index in [4.69, 9.17) is 5.73 Å². The number of carbonyl (C=O) groups excluding carboxylic acids is 1. The van der Waals surface area contributed by atoms with Gasteiger partial charge < -0.3 is 20.7 Å². The van der Waals surface area contributed by atoms with Crippen LogP contribution in [0.25, 0.3) is 0 Å². The summed E-state index contributed by atoms with van der Waals surface area (Å²) >= 11 is 0. The summed E-state index contributed by atoms with van der Waals surface area (Å²) in [7, 11) is -5.76. The molecule has 2 fully saturated rings. The summed E-state index contributed by atoms with van der Waals surface area (Å²) in [6, 6.07) is 4.55. The van der Waals surface area contributed by atoms with E-state index in [0.717, 1.165) is 10.4 Å². The number of rotatable bonds is 4. The number of halogens is 1. The molecule has 2 heterocycles. The lowest BCUT2D eigenvalue weighted by Crippen LogP contribution is -2.57. The van der Waals surface area contributed by atoms with Crippen molar-refractivity contribution in [2.75, 3.05) is 19.6 Å². The summed E-state index contributed by atoms with van der Waals surface area (Å²) in [4.78, 5) is 13.9. The summed E-state index contributed by atoms with van der Waals surface area (Å²) in [6.45, 7) is 0.291. The van der Waals surface area contributed by atoms with Crippen molar-refractivity contribution in [1.29, 1.82) is 0 Å². The smallest absolute Gasteiger partial charge is 0.426 e. The fraction of sp³-hybridized carbons (Fsp3) is 0.562. The molecule has 8 nitrogen and oxygen atoms in total. The van der Waals surface area contributed by atoms with Gasteiger partial charge in [0.1, 0.15) is 10.7 Å². The van der Waals surface area contributed by atoms with Crippen molar-refractivity contribution < 1.29 is 27.7 Å². The van der Waals surface area contributed by atoms with Gasteiger partial charge in [-0.2, -0.15) is 4.31 Å². The molecule has 1 amide bonds. The highest BCUT2D eigenvalue weighted by Crippen LogP contribution is 2.28. The zero-order valence-corrected chi connectivity index (χ0v) is 15.6. The van der Waals surface area contributed by atoms with E-state index in [1.165, 1.54) is 23.1 Å². The van der Waals surface area contributed by atoms with Gasteiger partial charge in [-0.3, -0.25) is 4.79 Å². The highest BCUT2D eigenvalue weighted by Gasteiger charge is 2.44. The van der Waals surface area contributed by atoms with Gasteiger partial charge >= 0.3 is 7.12 Å². The summed E-state index contributed by atoms with van der Waals surface area (Å²) in [5, 5.41) is 19.0. The average molecular weight is 399 g/mol. The molecule has 2 aliphatic rings. The number of sulfonamides is 1. The molecule has 27 heavy (non-hydrogen) atoms. The van der Waals surface area contributed by atoms with E-state index in [0.29, 0.717) is 19.4 Å². The lowest BCUT2D eigenvalue weighted by atomic mass is 9.77. The Labute approximate surface area is 157 Å². The number of likely N-dealkylation sites (tertiary alicyclic amines) is 1. The molecule has 0 aromatic heterocycles. The fourth-order valence-corrected chi connectivity index (χ4v) is 5.35. The molecule has 0 bridgehead atoms. The topological polar surface area (TPSA) is 124 Å². The van der Waals surface area contributed by atoms with Gasteiger partial charge in [0.15, 0.2) is 0 Å². The number of amides is 1. The molecule has 0 spiro atoms. The van der Waals surface area contributed by atoms with Crippen LogP contribution in [0.3, 0.4) is 0 Å². The molecule has 1 aromatic rings. The predicted octanol–water partition coefficient (Wildman–Crippen LogP) is -0.833. The number of hydrogen-bond donors (Lipinski definition) is 3. The van der Waals surface area contributed by atoms with Crippen LogP contribution in [0.2, 0.25) is 0 Å². The van der Waals surface area contributed by atoms with Gasteiger partial charge in [0, 0.05) is 25.7 Å². The van der Waals surface area contributed by atoms with Crippen LogP contribution in [-0.4, -0.2) is 72.3 Å². The van der Waals surface area contributed by atoms with Crippen LogP contribution in [-0.2, 0) is 14.8 Å². The van der Waals surface area contributed by atoms with E-state index >= 15 is 0 Å². The molecule has 1 aromatic carbocycles. The first kappa shape index (κ1) is 20.2. The first-order valence-corrected chi connectivity index (χ1v) is 10.3. The van der Waals surface area contributed by atoms with E-state index < -0.39 is 51.7 Å². The van der Waals surface area contributed by atoms with Crippen molar-refractivity contribution in [2.24, 2.45) is 11.7 Å². The minimum atomic E-state index is -4.10. The van der Waals surface area contributed by atoms with Crippen LogP contribution in [0.15, 0.2) is 29.2 Å². The minimum Gasteiger partial charge on any atom is -0.426 e. The Morgan fingerprint density at radius 3 is 2.59 bits per heavy atom. The summed E-state index contributed by atoms with van der Waals surface area (Å²) < 4.78 is 40.7. The summed E-state index contributed by atoms with van der Waals surface area (Å²) in [6.07, 6.45) is 1.35. The number of nitrogens with zero attached hydrogens (tertiary/aromatic N) is 2. The molecule has 4 N–H and O–H groups in total. The third kappa shape index (κ3) is 3.88. The summed E-state index contributed by atoms with van der Waals surface area (Å²) in [5.74, 6) is -2.78. The second kappa shape index (κ2) is 7.84. The Morgan fingerprint density at radius 2 is 1.93 bits per heavy atom. The fourth-order valence-electron chi connectivity index (χ4n) is 3.80. The van der Waals surface area contributed by atoms with Gasteiger partial charge in [0.2, 0.25) is 15.9 Å². The Morgan fingerprint density at radius 1 is 1.22 bits per heavy atom. The first-order valence-electron chi connectivity index (χ1n) is 8.90. The number of carbonyl (C=O) groups is 1. The zero-order valence-electron chi connectivity index (χ0n) is 14.7. The predicted molar refractivity (Wildman–Crippen MR) is 96.2 cm³/mol. The highest BCUT2D eigenvalue weighted by atomic mass is 32.2. The molecule has 0 aliphatic carbocycles. The molecule has 11 heteroatoms. The van der Waals surface area contributed by atoms with Crippen molar-refractivity contribution in [3.63, 3.8) is 0 Å². The maximum Gasteiger partial charge on any atom is 0.475 e. The molecule has 2 aliphatic heterocycles. The quantitative estimate of drug-likeness (QED) is 0.568. The molecule has 0 radical (unpaired) electrons. The first-order chi connectivity index (χ1) is 12.7. The molecule has 3 rings (SSSR count). The Balaban J connectivity index is 1.82. The lowest BCUT2D eigenvalue weighted by molar-refractivity contribution is -0.137. The normalized spacial score (nSPS) is 27.0. The van der Waals surface area contributed by atoms with Crippen LogP contribution in [0, 0.1) is 11.7 Å². The monoisotopic (exact) mass is 399 g/mol. The van der Waals surface area contributed by atoms with E-state index in [9.17, 15) is 27.7 Å². The van der Waals surface area contributed by atoms with Gasteiger partial charge in [0.25, 0.3) is 0 Å². The van der Waals surface area contributed by atoms with Crippen LogP contribution in [0.4, 0.5) is 4.39 Å². The van der Waals surface area contributed by atoms with Crippen LogP contribution >= 0.6 is 0 Å². The number of hydrogen-bond acceptors (Lipinski definition) is 6. The zero-order chi connectivity index (χ0) is 19.8. The van der Waals surface area contributed by atoms with Crippen molar-refractivity contribution in [3.05, 3.63) is 30.1 Å². The molecule has 3 atom stereocenters. The van der Waals surface area contributed by atoms with Gasteiger partial charge in [-0.25, -0.2) is 12.8 Å². The van der Waals surface area contributed by atoms with Crippen molar-refractivity contribution in [3.8, 4) is 0 Å². The van der Waals surface area contributed by atoms with Crippen LogP contribution in [0.1, 0.15) is 19.3 Å². The third-order valence-electron chi connectivity index (χ3n) is 5.33. The Hall–Kier alpha value is -1.53. The van der Waals surface area contributed by atoms with Crippen LogP contribution < -0.4 is 5.73 Å². The van der Waals surface area contributed by atoms with Gasteiger partial charge in [-0.05, 0) is 31.4 Å². The largest absolute Gasteiger partial charge is 0.475 e. The van der Waals surface area contributed by atoms with E-state index in [1.54, 1.807) is 0 Å². The molecule has 148 valence electrons. The van der Waals surface area contributed by atoms with Gasteiger partial charge in [-0.1, -0.05) is 12.1 Å². The number of piperidine rings is 1. The molecular weight excluding hydrogens is 376 g/mol. The maximum absolute atomic E-state index is 14.0. The minimum absolute atomic E-state index is 0.0909. The molecular formula is C16H23BFN3O5S. The molecule has 0 saturated carbocycles. The Bertz CT molecular complexity index is 809. The lowest BCUT2D eigenvalue weighted by Gasteiger charge is -2.38. The van der Waals surface area contributed by atoms with E-state index in [1.807, 2.05) is 0 Å². The maximum atomic E-state index is 14.0. The standard InChI is InChI=1S/C16H23BFN3O5S/c18-12-4-1-2-5-14(12)27(25,26)20-9-7-13(19)11(10-20)16(22)21-8-3-6-15(21)17(23)24/h1-2,4-5,11,13,15,23-24H,3,6-10,19H2/t11-,13-,15+/m1/s1. The van der Waals surface area contributed by atoms with Crippen molar-refractivity contribution in [2.45, 2.75) is 36.1 Å². The summed E-state index contributed by atoms with van der Waals surface area (Å²) in [5.41, 5.74) is 6.08. The average Bonchev–Trinajstić information content (AvgIpc) is 3.11. The van der Waals surface area contributed by atoms with E-state index in [2.05, 4.69) is 0 Å². The van der Waals surface area contributed by atoms with Gasteiger partial charge in [0.05, 0.1) is 11.9 Å². The highest BCUT2D eigenvalue weighted by molar-refractivity contribution is 7.89. The van der Waals surface area contributed by atoms with Crippen LogP contribution in [0.5, 0.6) is 0 Å². The second-order valence-corrected chi connectivity index (χ2v) is 8.91. The third-order valence-corrected chi connectivity index (χ3v) is 7.23. The van der Waals surface area contributed by atoms with Gasteiger partial charge in [-0.15, -0.1) is 0 Å². The Kier molecular flexibility index (Phi) is 5.87. The molecule has 2 saturated heterocycles. The number of nitrogens with two attached hydrogens (primary N) is 1. The van der Waals surface area contributed by atoms with E-state index in [-0.39, 0.29) is 19.5 Å². The van der Waals surface area contributed by atoms with Crippen molar-refractivity contribution in [1.82, 2.24) is 9.21 Å². The number of benzene rings is 1.